The number of β-amino-alcohol motifs (C(OH)–C–C–N with tert-alkyl or cyclic N) is 1. The molecule has 2 N–H and O–H groups in total. The molecule has 1 saturated heterocycles. The van der Waals surface area contributed by atoms with Crippen molar-refractivity contribution in [3.8, 4) is 5.88 Å². The van der Waals surface area contributed by atoms with E-state index in [9.17, 15) is 5.11 Å². The van der Waals surface area contributed by atoms with Crippen LogP contribution in [0.1, 0.15) is 6.42 Å². The van der Waals surface area contributed by atoms with Crippen LogP contribution in [0.4, 0.5) is 5.69 Å². The van der Waals surface area contributed by atoms with Crippen molar-refractivity contribution in [1.82, 2.24) is 9.88 Å². The van der Waals surface area contributed by atoms with Gasteiger partial charge in [-0.3, -0.25) is 0 Å². The first-order valence-corrected chi connectivity index (χ1v) is 5.84. The zero-order valence-corrected chi connectivity index (χ0v) is 10.4. The van der Waals surface area contributed by atoms with Crippen LogP contribution in [0.15, 0.2) is 18.3 Å². The third-order valence-corrected chi connectivity index (χ3v) is 3.01. The number of pyridine rings is 1. The van der Waals surface area contributed by atoms with Gasteiger partial charge in [0.1, 0.15) is 0 Å². The van der Waals surface area contributed by atoms with Crippen LogP contribution in [0, 0.1) is 0 Å². The summed E-state index contributed by atoms with van der Waals surface area (Å²) in [6, 6.07) is 3.62. The number of nitrogens with zero attached hydrogens (tertiary/aromatic N) is 2. The topological polar surface area (TPSA) is 57.6 Å². The van der Waals surface area contributed by atoms with Gasteiger partial charge in [-0.15, -0.1) is 0 Å². The molecule has 0 spiro atoms. The van der Waals surface area contributed by atoms with E-state index in [2.05, 4.69) is 10.3 Å². The van der Waals surface area contributed by atoms with Crippen molar-refractivity contribution in [2.24, 2.45) is 0 Å². The van der Waals surface area contributed by atoms with Gasteiger partial charge in [0.15, 0.2) is 5.11 Å². The molecule has 2 rings (SSSR count). The number of aromatic nitrogens is 1. The number of aliphatic hydroxyl groups excluding tert-OH is 1. The first-order chi connectivity index (χ1) is 8.19. The highest BCUT2D eigenvalue weighted by Gasteiger charge is 2.22. The minimum Gasteiger partial charge on any atom is -0.481 e. The van der Waals surface area contributed by atoms with Crippen molar-refractivity contribution in [3.05, 3.63) is 18.3 Å². The molecule has 1 aliphatic rings. The second-order valence-electron chi connectivity index (χ2n) is 3.91. The smallest absolute Gasteiger partial charge is 0.213 e. The molecule has 17 heavy (non-hydrogen) atoms. The van der Waals surface area contributed by atoms with Crippen LogP contribution in [0.5, 0.6) is 5.88 Å². The van der Waals surface area contributed by atoms with E-state index in [0.29, 0.717) is 17.5 Å². The second-order valence-corrected chi connectivity index (χ2v) is 4.29. The minimum absolute atomic E-state index is 0.274. The summed E-state index contributed by atoms with van der Waals surface area (Å²) < 4.78 is 4.97. The SMILES string of the molecule is COc1ccc(NC(=S)N2CC[C@H](O)C2)cn1. The number of aliphatic hydroxyl groups is 1. The van der Waals surface area contributed by atoms with Crippen LogP contribution in [-0.2, 0) is 0 Å². The molecule has 0 aliphatic carbocycles. The van der Waals surface area contributed by atoms with E-state index in [-0.39, 0.29) is 6.10 Å². The highest BCUT2D eigenvalue weighted by Crippen LogP contribution is 2.14. The Bertz CT molecular complexity index is 396. The molecular formula is C11H15N3O2S. The molecule has 1 fully saturated rings. The molecule has 5 nitrogen and oxygen atoms in total. The van der Waals surface area contributed by atoms with Crippen molar-refractivity contribution in [1.29, 1.82) is 0 Å². The fourth-order valence-electron chi connectivity index (χ4n) is 1.70. The van der Waals surface area contributed by atoms with Crippen LogP contribution in [0.2, 0.25) is 0 Å². The van der Waals surface area contributed by atoms with Gasteiger partial charge in [0.2, 0.25) is 5.88 Å². The van der Waals surface area contributed by atoms with Crippen molar-refractivity contribution >= 4 is 23.0 Å². The molecule has 0 amide bonds. The number of ether oxygens (including phenoxy) is 1. The summed E-state index contributed by atoms with van der Waals surface area (Å²) in [7, 11) is 1.58. The number of thiocarbonyl (C=S) groups is 1. The second kappa shape index (κ2) is 5.29. The lowest BCUT2D eigenvalue weighted by molar-refractivity contribution is 0.188. The summed E-state index contributed by atoms with van der Waals surface area (Å²) in [6.45, 7) is 1.38. The Morgan fingerprint density at radius 1 is 1.65 bits per heavy atom. The average Bonchev–Trinajstić information content (AvgIpc) is 2.77. The quantitative estimate of drug-likeness (QED) is 0.762. The van der Waals surface area contributed by atoms with Gasteiger partial charge < -0.3 is 20.1 Å². The normalized spacial score (nSPS) is 19.2. The van der Waals surface area contributed by atoms with Gasteiger partial charge in [-0.05, 0) is 24.7 Å². The number of hydrogen-bond acceptors (Lipinski definition) is 4. The molecule has 2 heterocycles. The molecule has 0 radical (unpaired) electrons. The van der Waals surface area contributed by atoms with Crippen LogP contribution in [0.25, 0.3) is 0 Å². The molecule has 0 unspecified atom stereocenters. The Labute approximate surface area is 105 Å². The van der Waals surface area contributed by atoms with Crippen molar-refractivity contribution in [2.75, 3.05) is 25.5 Å². The third-order valence-electron chi connectivity index (χ3n) is 2.65. The van der Waals surface area contributed by atoms with Crippen LogP contribution < -0.4 is 10.1 Å². The van der Waals surface area contributed by atoms with Gasteiger partial charge in [-0.2, -0.15) is 0 Å². The Hall–Kier alpha value is -1.40. The van der Waals surface area contributed by atoms with Crippen molar-refractivity contribution in [2.45, 2.75) is 12.5 Å². The van der Waals surface area contributed by atoms with E-state index >= 15 is 0 Å². The van der Waals surface area contributed by atoms with Crippen LogP contribution in [-0.4, -0.2) is 46.4 Å². The molecule has 1 atom stereocenters. The monoisotopic (exact) mass is 253 g/mol. The molecule has 0 bridgehead atoms. The van der Waals surface area contributed by atoms with E-state index in [1.165, 1.54) is 0 Å². The van der Waals surface area contributed by atoms with E-state index in [4.69, 9.17) is 17.0 Å². The average molecular weight is 253 g/mol. The van der Waals surface area contributed by atoms with Crippen molar-refractivity contribution in [3.63, 3.8) is 0 Å². The summed E-state index contributed by atoms with van der Waals surface area (Å²) in [6.07, 6.45) is 2.16. The number of methoxy groups -OCH3 is 1. The Kier molecular flexibility index (Phi) is 3.75. The first-order valence-electron chi connectivity index (χ1n) is 5.43. The summed E-state index contributed by atoms with van der Waals surface area (Å²) >= 11 is 5.25. The lowest BCUT2D eigenvalue weighted by Crippen LogP contribution is -2.33. The highest BCUT2D eigenvalue weighted by molar-refractivity contribution is 7.80. The number of likely N-dealkylation sites (tertiary alicyclic amines) is 1. The van der Waals surface area contributed by atoms with E-state index in [1.54, 1.807) is 19.4 Å². The molecule has 1 aromatic heterocycles. The van der Waals surface area contributed by atoms with Gasteiger partial charge in [-0.1, -0.05) is 0 Å². The minimum atomic E-state index is -0.274. The molecule has 1 aromatic rings. The predicted octanol–water partition coefficient (Wildman–Crippen LogP) is 0.854. The molecule has 1 aliphatic heterocycles. The fraction of sp³-hybridized carbons (Fsp3) is 0.455. The largest absolute Gasteiger partial charge is 0.481 e. The summed E-state index contributed by atoms with van der Waals surface area (Å²) in [4.78, 5) is 6.03. The molecule has 6 heteroatoms. The van der Waals surface area contributed by atoms with E-state index in [1.807, 2.05) is 11.0 Å². The van der Waals surface area contributed by atoms with Gasteiger partial charge in [0, 0.05) is 19.2 Å². The zero-order valence-electron chi connectivity index (χ0n) is 9.59. The van der Waals surface area contributed by atoms with Gasteiger partial charge >= 0.3 is 0 Å². The third kappa shape index (κ3) is 3.04. The maximum absolute atomic E-state index is 9.42. The predicted molar refractivity (Wildman–Crippen MR) is 69.2 cm³/mol. The first kappa shape index (κ1) is 12.1. The Balaban J connectivity index is 1.93. The summed E-state index contributed by atoms with van der Waals surface area (Å²) in [5.41, 5.74) is 0.817. The maximum Gasteiger partial charge on any atom is 0.213 e. The van der Waals surface area contributed by atoms with Crippen LogP contribution >= 0.6 is 12.2 Å². The molecule has 92 valence electrons. The Morgan fingerprint density at radius 3 is 3.00 bits per heavy atom. The number of hydrogen-bond donors (Lipinski definition) is 2. The summed E-state index contributed by atoms with van der Waals surface area (Å²) in [5, 5.41) is 13.1. The standard InChI is InChI=1S/C11H15N3O2S/c1-16-10-3-2-8(6-12-10)13-11(17)14-5-4-9(15)7-14/h2-3,6,9,15H,4-5,7H2,1H3,(H,13,17)/t9-/m0/s1. The van der Waals surface area contributed by atoms with Gasteiger partial charge in [0.25, 0.3) is 0 Å². The number of anilines is 1. The number of rotatable bonds is 2. The molecule has 0 aromatic carbocycles. The lowest BCUT2D eigenvalue weighted by Gasteiger charge is -2.19. The highest BCUT2D eigenvalue weighted by atomic mass is 32.1. The Morgan fingerprint density at radius 2 is 2.47 bits per heavy atom. The summed E-state index contributed by atoms with van der Waals surface area (Å²) in [5.74, 6) is 0.568. The van der Waals surface area contributed by atoms with Gasteiger partial charge in [-0.25, -0.2) is 4.98 Å². The van der Waals surface area contributed by atoms with Gasteiger partial charge in [0.05, 0.1) is 25.1 Å². The zero-order chi connectivity index (χ0) is 12.3. The maximum atomic E-state index is 9.42. The fourth-order valence-corrected chi connectivity index (χ4v) is 1.99. The number of nitrogens with one attached hydrogen (secondary N) is 1. The lowest BCUT2D eigenvalue weighted by atomic mass is 10.3. The van der Waals surface area contributed by atoms with E-state index < -0.39 is 0 Å². The molecular weight excluding hydrogens is 238 g/mol. The van der Waals surface area contributed by atoms with Crippen molar-refractivity contribution < 1.29 is 9.84 Å². The van der Waals surface area contributed by atoms with E-state index in [0.717, 1.165) is 18.7 Å². The van der Waals surface area contributed by atoms with Crippen LogP contribution in [0.3, 0.4) is 0 Å². The molecule has 0 saturated carbocycles.